The maximum absolute atomic E-state index is 6.12. The van der Waals surface area contributed by atoms with Crippen LogP contribution in [0, 0.1) is 13.8 Å². The smallest absolute Gasteiger partial charge is 0.235 e. The van der Waals surface area contributed by atoms with Gasteiger partial charge in [0.15, 0.2) is 0 Å². The zero-order valence-corrected chi connectivity index (χ0v) is 18.9. The molecular weight excluding hydrogens is 404 g/mol. The summed E-state index contributed by atoms with van der Waals surface area (Å²) in [5.41, 5.74) is 4.71. The van der Waals surface area contributed by atoms with Gasteiger partial charge in [-0.3, -0.25) is 14.3 Å². The van der Waals surface area contributed by atoms with Gasteiger partial charge in [-0.1, -0.05) is 0 Å². The van der Waals surface area contributed by atoms with Crippen LogP contribution in [0.4, 0.5) is 5.82 Å². The van der Waals surface area contributed by atoms with E-state index in [9.17, 15) is 0 Å². The van der Waals surface area contributed by atoms with E-state index in [0.29, 0.717) is 11.9 Å². The van der Waals surface area contributed by atoms with Crippen LogP contribution in [-0.4, -0.2) is 46.7 Å². The molecule has 1 fully saturated rings. The maximum Gasteiger partial charge on any atom is 0.235 e. The third-order valence-corrected chi connectivity index (χ3v) is 6.04. The zero-order chi connectivity index (χ0) is 22.2. The normalized spacial score (nSPS) is 18.8. The molecule has 32 heavy (non-hydrogen) atoms. The third-order valence-electron chi connectivity index (χ3n) is 6.04. The first-order valence-electron chi connectivity index (χ1n) is 11.0. The Morgan fingerprint density at radius 3 is 2.56 bits per heavy atom. The minimum Gasteiger partial charge on any atom is -0.473 e. The Labute approximate surface area is 186 Å². The van der Waals surface area contributed by atoms with E-state index in [4.69, 9.17) is 9.84 Å². The number of rotatable bonds is 5. The molecule has 0 aliphatic heterocycles. The van der Waals surface area contributed by atoms with Crippen molar-refractivity contribution >= 4 is 16.7 Å². The number of nitrogens with zero attached hydrogens (tertiary/aromatic N) is 7. The van der Waals surface area contributed by atoms with Gasteiger partial charge in [-0.2, -0.15) is 10.2 Å². The Morgan fingerprint density at radius 1 is 1.03 bits per heavy atom. The van der Waals surface area contributed by atoms with E-state index < -0.39 is 0 Å². The van der Waals surface area contributed by atoms with Crippen molar-refractivity contribution in [3.05, 3.63) is 42.2 Å². The fourth-order valence-electron chi connectivity index (χ4n) is 4.38. The van der Waals surface area contributed by atoms with Gasteiger partial charge < -0.3 is 10.1 Å². The maximum atomic E-state index is 6.12. The SMILES string of the molecule is Cc1cnc(OC2CCC(Nc3cc4c(cn3)c(-c3cnn(C)c3)nn4C)CC2)c(C)n1. The van der Waals surface area contributed by atoms with Crippen molar-refractivity contribution in [3.63, 3.8) is 0 Å². The van der Waals surface area contributed by atoms with E-state index in [-0.39, 0.29) is 6.10 Å². The lowest BCUT2D eigenvalue weighted by molar-refractivity contribution is 0.142. The second-order valence-electron chi connectivity index (χ2n) is 8.60. The first-order valence-corrected chi connectivity index (χ1v) is 11.0. The molecule has 0 atom stereocenters. The van der Waals surface area contributed by atoms with Crippen LogP contribution in [0.2, 0.25) is 0 Å². The van der Waals surface area contributed by atoms with Gasteiger partial charge in [0.25, 0.3) is 0 Å². The van der Waals surface area contributed by atoms with Crippen LogP contribution < -0.4 is 10.1 Å². The molecule has 1 saturated carbocycles. The summed E-state index contributed by atoms with van der Waals surface area (Å²) in [5, 5.41) is 13.6. The molecule has 9 nitrogen and oxygen atoms in total. The van der Waals surface area contributed by atoms with E-state index in [1.807, 2.05) is 51.2 Å². The number of nitrogens with one attached hydrogen (secondary N) is 1. The minimum absolute atomic E-state index is 0.179. The zero-order valence-electron chi connectivity index (χ0n) is 18.9. The molecule has 5 rings (SSSR count). The van der Waals surface area contributed by atoms with E-state index in [1.54, 1.807) is 10.9 Å². The molecule has 0 amide bonds. The average molecular weight is 433 g/mol. The van der Waals surface area contributed by atoms with Gasteiger partial charge in [-0.25, -0.2) is 9.97 Å². The summed E-state index contributed by atoms with van der Waals surface area (Å²) >= 11 is 0. The monoisotopic (exact) mass is 432 g/mol. The lowest BCUT2D eigenvalue weighted by Gasteiger charge is -2.29. The van der Waals surface area contributed by atoms with E-state index in [2.05, 4.69) is 31.4 Å². The van der Waals surface area contributed by atoms with Gasteiger partial charge >= 0.3 is 0 Å². The average Bonchev–Trinajstić information content (AvgIpc) is 3.34. The molecule has 0 spiro atoms. The molecule has 4 aromatic rings. The van der Waals surface area contributed by atoms with Crippen molar-refractivity contribution in [1.29, 1.82) is 0 Å². The summed E-state index contributed by atoms with van der Waals surface area (Å²) in [6, 6.07) is 2.45. The lowest BCUT2D eigenvalue weighted by Crippen LogP contribution is -2.31. The highest BCUT2D eigenvalue weighted by Crippen LogP contribution is 2.30. The summed E-state index contributed by atoms with van der Waals surface area (Å²) in [7, 11) is 3.87. The molecule has 0 aromatic carbocycles. The van der Waals surface area contributed by atoms with Gasteiger partial charge in [0.1, 0.15) is 17.6 Å². The number of hydrogen-bond acceptors (Lipinski definition) is 7. The summed E-state index contributed by atoms with van der Waals surface area (Å²) in [6.07, 6.45) is 11.6. The molecule has 4 aromatic heterocycles. The largest absolute Gasteiger partial charge is 0.473 e. The van der Waals surface area contributed by atoms with Crippen LogP contribution in [0.15, 0.2) is 30.9 Å². The molecule has 0 bridgehead atoms. The van der Waals surface area contributed by atoms with E-state index >= 15 is 0 Å². The fourth-order valence-corrected chi connectivity index (χ4v) is 4.38. The molecule has 0 unspecified atom stereocenters. The predicted molar refractivity (Wildman–Crippen MR) is 123 cm³/mol. The van der Waals surface area contributed by atoms with Gasteiger partial charge in [0, 0.05) is 49.5 Å². The van der Waals surface area contributed by atoms with Gasteiger partial charge in [0.05, 0.1) is 29.3 Å². The van der Waals surface area contributed by atoms with Crippen molar-refractivity contribution in [2.75, 3.05) is 5.32 Å². The van der Waals surface area contributed by atoms with Crippen LogP contribution in [-0.2, 0) is 14.1 Å². The Bertz CT molecular complexity index is 1250. The van der Waals surface area contributed by atoms with E-state index in [0.717, 1.165) is 65.0 Å². The van der Waals surface area contributed by atoms with Crippen molar-refractivity contribution in [2.24, 2.45) is 14.1 Å². The number of anilines is 1. The summed E-state index contributed by atoms with van der Waals surface area (Å²) < 4.78 is 9.81. The predicted octanol–water partition coefficient (Wildman–Crippen LogP) is 3.58. The van der Waals surface area contributed by atoms with Crippen LogP contribution >= 0.6 is 0 Å². The molecule has 4 heterocycles. The van der Waals surface area contributed by atoms with E-state index in [1.165, 1.54) is 0 Å². The Balaban J connectivity index is 1.24. The number of hydrogen-bond donors (Lipinski definition) is 1. The Hall–Kier alpha value is -3.49. The van der Waals surface area contributed by atoms with Crippen molar-refractivity contribution in [1.82, 2.24) is 34.5 Å². The Morgan fingerprint density at radius 2 is 1.84 bits per heavy atom. The number of aromatic nitrogens is 7. The number of aryl methyl sites for hydroxylation is 4. The molecular formula is C23H28N8O. The van der Waals surface area contributed by atoms with Gasteiger partial charge in [0.2, 0.25) is 5.88 Å². The fraction of sp³-hybridized carbons (Fsp3) is 0.435. The minimum atomic E-state index is 0.179. The van der Waals surface area contributed by atoms with Crippen LogP contribution in [0.25, 0.3) is 22.2 Å². The van der Waals surface area contributed by atoms with Crippen molar-refractivity contribution in [2.45, 2.75) is 51.7 Å². The summed E-state index contributed by atoms with van der Waals surface area (Å²) in [5.74, 6) is 1.53. The standard InChI is InChI=1S/C23H28N8O/c1-14-10-25-23(15(2)27-14)32-18-7-5-17(6-8-18)28-21-9-20-19(12-24-21)22(29-31(20)4)16-11-26-30(3)13-16/h9-13,17-18H,5-8H2,1-4H3,(H,24,28). The Kier molecular flexibility index (Phi) is 5.24. The molecule has 0 radical (unpaired) electrons. The van der Waals surface area contributed by atoms with Crippen LogP contribution in [0.5, 0.6) is 5.88 Å². The first-order chi connectivity index (χ1) is 15.5. The highest BCUT2D eigenvalue weighted by molar-refractivity contribution is 5.93. The topological polar surface area (TPSA) is 95.6 Å². The molecule has 1 aliphatic carbocycles. The second kappa shape index (κ2) is 8.22. The second-order valence-corrected chi connectivity index (χ2v) is 8.60. The number of ether oxygens (including phenoxy) is 1. The third kappa shape index (κ3) is 4.02. The molecule has 1 aliphatic rings. The van der Waals surface area contributed by atoms with Crippen LogP contribution in [0.1, 0.15) is 37.1 Å². The lowest BCUT2D eigenvalue weighted by atomic mass is 9.93. The van der Waals surface area contributed by atoms with Crippen molar-refractivity contribution < 1.29 is 4.74 Å². The van der Waals surface area contributed by atoms with Gasteiger partial charge in [-0.15, -0.1) is 0 Å². The van der Waals surface area contributed by atoms with Gasteiger partial charge in [-0.05, 0) is 39.5 Å². The van der Waals surface area contributed by atoms with Crippen LogP contribution in [0.3, 0.4) is 0 Å². The molecule has 166 valence electrons. The molecule has 9 heteroatoms. The first kappa shape index (κ1) is 20.4. The quantitative estimate of drug-likeness (QED) is 0.515. The summed E-state index contributed by atoms with van der Waals surface area (Å²) in [4.78, 5) is 13.5. The highest BCUT2D eigenvalue weighted by Gasteiger charge is 2.24. The molecule has 1 N–H and O–H groups in total. The summed E-state index contributed by atoms with van der Waals surface area (Å²) in [6.45, 7) is 3.89. The highest BCUT2D eigenvalue weighted by atomic mass is 16.5. The molecule has 0 saturated heterocycles. The van der Waals surface area contributed by atoms with Crippen molar-refractivity contribution in [3.8, 4) is 17.1 Å². The number of pyridine rings is 1. The number of fused-ring (bicyclic) bond motifs is 1.